The zero-order valence-corrected chi connectivity index (χ0v) is 11.0. The number of hydrogen-bond donors (Lipinski definition) is 0. The minimum absolute atomic E-state index is 0.0284. The van der Waals surface area contributed by atoms with E-state index < -0.39 is 11.6 Å². The predicted molar refractivity (Wildman–Crippen MR) is 67.8 cm³/mol. The second kappa shape index (κ2) is 6.24. The average molecular weight is 268 g/mol. The molecule has 0 atom stereocenters. The first-order valence-corrected chi connectivity index (χ1v) is 6.66. The van der Waals surface area contributed by atoms with Gasteiger partial charge < -0.3 is 4.74 Å². The third-order valence-electron chi connectivity index (χ3n) is 3.53. The van der Waals surface area contributed by atoms with Crippen LogP contribution in [0.5, 0.6) is 0 Å². The molecule has 1 aliphatic carbocycles. The van der Waals surface area contributed by atoms with Gasteiger partial charge in [-0.2, -0.15) is 0 Å². The first kappa shape index (κ1) is 14.1. The van der Waals surface area contributed by atoms with E-state index in [4.69, 9.17) is 4.74 Å². The lowest BCUT2D eigenvalue weighted by Crippen LogP contribution is -2.33. The van der Waals surface area contributed by atoms with Gasteiger partial charge in [0.15, 0.2) is 11.6 Å². The van der Waals surface area contributed by atoms with E-state index >= 15 is 0 Å². The standard InChI is InChI=1S/C15H18F2O2/c1-2-19-13-7-10(8-13)6-12(18)9-11-4-3-5-14(16)15(11)17/h3-5,10,13H,2,6-9H2,1H3. The Morgan fingerprint density at radius 1 is 1.37 bits per heavy atom. The van der Waals surface area contributed by atoms with E-state index in [9.17, 15) is 13.6 Å². The number of ether oxygens (including phenoxy) is 1. The van der Waals surface area contributed by atoms with Gasteiger partial charge in [0, 0.05) is 19.4 Å². The molecule has 1 saturated carbocycles. The molecule has 1 aliphatic rings. The van der Waals surface area contributed by atoms with Gasteiger partial charge in [0.25, 0.3) is 0 Å². The van der Waals surface area contributed by atoms with Crippen LogP contribution < -0.4 is 0 Å². The topological polar surface area (TPSA) is 26.3 Å². The zero-order chi connectivity index (χ0) is 13.8. The van der Waals surface area contributed by atoms with Gasteiger partial charge in [0.05, 0.1) is 6.10 Å². The minimum atomic E-state index is -0.906. The lowest BCUT2D eigenvalue weighted by Gasteiger charge is -2.34. The van der Waals surface area contributed by atoms with Crippen molar-refractivity contribution in [1.29, 1.82) is 0 Å². The third kappa shape index (κ3) is 3.60. The van der Waals surface area contributed by atoms with Crippen LogP contribution in [-0.4, -0.2) is 18.5 Å². The molecule has 0 aromatic heterocycles. The molecule has 0 heterocycles. The Hall–Kier alpha value is -1.29. The molecule has 0 amide bonds. The van der Waals surface area contributed by atoms with E-state index in [2.05, 4.69) is 0 Å². The smallest absolute Gasteiger partial charge is 0.162 e. The molecule has 0 saturated heterocycles. The van der Waals surface area contributed by atoms with Crippen LogP contribution in [0, 0.1) is 17.6 Å². The quantitative estimate of drug-likeness (QED) is 0.791. The fourth-order valence-corrected chi connectivity index (χ4v) is 2.50. The van der Waals surface area contributed by atoms with Crippen LogP contribution in [0.2, 0.25) is 0 Å². The number of Topliss-reactive ketones (excluding diaryl/α,β-unsaturated/α-hetero) is 1. The monoisotopic (exact) mass is 268 g/mol. The normalized spacial score (nSPS) is 22.1. The highest BCUT2D eigenvalue weighted by Gasteiger charge is 2.31. The number of carbonyl (C=O) groups is 1. The van der Waals surface area contributed by atoms with Crippen LogP contribution >= 0.6 is 0 Å². The highest BCUT2D eigenvalue weighted by Crippen LogP contribution is 2.33. The van der Waals surface area contributed by atoms with Crippen LogP contribution in [0.25, 0.3) is 0 Å². The molecule has 0 aliphatic heterocycles. The summed E-state index contributed by atoms with van der Waals surface area (Å²) in [6.07, 6.45) is 2.46. The fourth-order valence-electron chi connectivity index (χ4n) is 2.50. The molecule has 0 unspecified atom stereocenters. The average Bonchev–Trinajstić information content (AvgIpc) is 2.32. The van der Waals surface area contributed by atoms with E-state index in [1.807, 2.05) is 6.92 Å². The van der Waals surface area contributed by atoms with Crippen molar-refractivity contribution < 1.29 is 18.3 Å². The van der Waals surface area contributed by atoms with Gasteiger partial charge in [-0.25, -0.2) is 8.78 Å². The number of carbonyl (C=O) groups excluding carboxylic acids is 1. The maximum absolute atomic E-state index is 13.4. The molecule has 0 spiro atoms. The molecule has 0 bridgehead atoms. The van der Waals surface area contributed by atoms with Gasteiger partial charge in [-0.3, -0.25) is 4.79 Å². The van der Waals surface area contributed by atoms with Crippen molar-refractivity contribution in [2.45, 2.75) is 38.7 Å². The lowest BCUT2D eigenvalue weighted by molar-refractivity contribution is -0.121. The van der Waals surface area contributed by atoms with Crippen molar-refractivity contribution in [3.8, 4) is 0 Å². The molecule has 104 valence electrons. The Morgan fingerprint density at radius 3 is 2.79 bits per heavy atom. The number of hydrogen-bond acceptors (Lipinski definition) is 2. The summed E-state index contributed by atoms with van der Waals surface area (Å²) in [4.78, 5) is 11.8. The first-order valence-electron chi connectivity index (χ1n) is 6.66. The van der Waals surface area contributed by atoms with Crippen molar-refractivity contribution in [3.63, 3.8) is 0 Å². The second-order valence-corrected chi connectivity index (χ2v) is 5.05. The van der Waals surface area contributed by atoms with E-state index in [1.54, 1.807) is 0 Å². The van der Waals surface area contributed by atoms with E-state index in [0.29, 0.717) is 18.9 Å². The molecule has 1 aromatic carbocycles. The highest BCUT2D eigenvalue weighted by molar-refractivity contribution is 5.81. The lowest BCUT2D eigenvalue weighted by atomic mass is 9.78. The molecule has 4 heteroatoms. The molecule has 2 nitrogen and oxygen atoms in total. The van der Waals surface area contributed by atoms with Gasteiger partial charge in [-0.05, 0) is 37.3 Å². The van der Waals surface area contributed by atoms with Crippen molar-refractivity contribution >= 4 is 5.78 Å². The molecular formula is C15H18F2O2. The van der Waals surface area contributed by atoms with Gasteiger partial charge in [0.2, 0.25) is 0 Å². The van der Waals surface area contributed by atoms with Crippen molar-refractivity contribution in [3.05, 3.63) is 35.4 Å². The Kier molecular flexibility index (Phi) is 4.64. The number of ketones is 1. The van der Waals surface area contributed by atoms with Gasteiger partial charge in [-0.15, -0.1) is 0 Å². The highest BCUT2D eigenvalue weighted by atomic mass is 19.2. The number of benzene rings is 1. The summed E-state index contributed by atoms with van der Waals surface area (Å²) < 4.78 is 31.8. The molecule has 0 N–H and O–H groups in total. The first-order chi connectivity index (χ1) is 9.10. The summed E-state index contributed by atoms with van der Waals surface area (Å²) in [6.45, 7) is 2.64. The van der Waals surface area contributed by atoms with Crippen LogP contribution in [0.4, 0.5) is 8.78 Å². The van der Waals surface area contributed by atoms with E-state index in [1.165, 1.54) is 12.1 Å². The van der Waals surface area contributed by atoms with Crippen LogP contribution in [0.15, 0.2) is 18.2 Å². The molecule has 0 radical (unpaired) electrons. The zero-order valence-electron chi connectivity index (χ0n) is 11.0. The number of halogens is 2. The molecule has 19 heavy (non-hydrogen) atoms. The predicted octanol–water partition coefficient (Wildman–Crippen LogP) is 3.28. The summed E-state index contributed by atoms with van der Waals surface area (Å²) in [5.74, 6) is -1.51. The van der Waals surface area contributed by atoms with Crippen molar-refractivity contribution in [1.82, 2.24) is 0 Å². The summed E-state index contributed by atoms with van der Waals surface area (Å²) in [7, 11) is 0. The van der Waals surface area contributed by atoms with Crippen LogP contribution in [-0.2, 0) is 16.0 Å². The Bertz CT molecular complexity index is 453. The Balaban J connectivity index is 1.81. The second-order valence-electron chi connectivity index (χ2n) is 5.05. The van der Waals surface area contributed by atoms with Crippen LogP contribution in [0.3, 0.4) is 0 Å². The molecule has 2 rings (SSSR count). The van der Waals surface area contributed by atoms with Gasteiger partial charge in [-0.1, -0.05) is 12.1 Å². The molecular weight excluding hydrogens is 250 g/mol. The van der Waals surface area contributed by atoms with Crippen molar-refractivity contribution in [2.75, 3.05) is 6.61 Å². The summed E-state index contributed by atoms with van der Waals surface area (Å²) >= 11 is 0. The van der Waals surface area contributed by atoms with Crippen molar-refractivity contribution in [2.24, 2.45) is 5.92 Å². The van der Waals surface area contributed by atoms with Gasteiger partial charge in [0.1, 0.15) is 5.78 Å². The summed E-state index contributed by atoms with van der Waals surface area (Å²) in [5, 5.41) is 0. The fraction of sp³-hybridized carbons (Fsp3) is 0.533. The number of rotatable bonds is 6. The molecule has 1 aromatic rings. The largest absolute Gasteiger partial charge is 0.378 e. The van der Waals surface area contributed by atoms with Crippen LogP contribution in [0.1, 0.15) is 31.7 Å². The van der Waals surface area contributed by atoms with Gasteiger partial charge >= 0.3 is 0 Å². The maximum Gasteiger partial charge on any atom is 0.162 e. The Morgan fingerprint density at radius 2 is 2.11 bits per heavy atom. The molecule has 1 fully saturated rings. The van der Waals surface area contributed by atoms with E-state index in [0.717, 1.165) is 18.9 Å². The SMILES string of the molecule is CCOC1CC(CC(=O)Cc2cccc(F)c2F)C1. The summed E-state index contributed by atoms with van der Waals surface area (Å²) in [6, 6.07) is 3.94. The maximum atomic E-state index is 13.4. The third-order valence-corrected chi connectivity index (χ3v) is 3.53. The summed E-state index contributed by atoms with van der Waals surface area (Å²) in [5.41, 5.74) is 0.144. The van der Waals surface area contributed by atoms with E-state index in [-0.39, 0.29) is 23.9 Å². The minimum Gasteiger partial charge on any atom is -0.378 e. The Labute approximate surface area is 111 Å².